The Morgan fingerprint density at radius 2 is 1.19 bits per heavy atom. The summed E-state index contributed by atoms with van der Waals surface area (Å²) in [6.07, 6.45) is 20.2. The zero-order chi connectivity index (χ0) is 22.4. The van der Waals surface area contributed by atoms with Crippen LogP contribution in [0.15, 0.2) is 30.3 Å². The van der Waals surface area contributed by atoms with Crippen molar-refractivity contribution in [3.63, 3.8) is 0 Å². The molecular weight excluding hydrogens is 384 g/mol. The Kier molecular flexibility index (Phi) is 19.0. The van der Waals surface area contributed by atoms with E-state index in [9.17, 15) is 5.11 Å². The number of hydrogen-bond donors (Lipinski definition) is 1. The highest BCUT2D eigenvalue weighted by Crippen LogP contribution is 2.15. The van der Waals surface area contributed by atoms with E-state index in [2.05, 4.69) is 19.1 Å². The Morgan fingerprint density at radius 3 is 1.71 bits per heavy atom. The molecule has 0 saturated carbocycles. The smallest absolute Gasteiger partial charge is 0.154 e. The third kappa shape index (κ3) is 17.3. The largest absolute Gasteiger partial charge is 0.371 e. The van der Waals surface area contributed by atoms with E-state index in [1.807, 2.05) is 25.1 Å². The number of aliphatic hydroxyl groups is 1. The van der Waals surface area contributed by atoms with E-state index in [0.29, 0.717) is 19.6 Å². The van der Waals surface area contributed by atoms with Gasteiger partial charge in [-0.05, 0) is 18.4 Å². The van der Waals surface area contributed by atoms with Crippen LogP contribution in [0.2, 0.25) is 0 Å². The lowest BCUT2D eigenvalue weighted by Gasteiger charge is -2.20. The van der Waals surface area contributed by atoms with Gasteiger partial charge in [0, 0.05) is 0 Å². The lowest BCUT2D eigenvalue weighted by atomic mass is 10.0. The van der Waals surface area contributed by atoms with E-state index in [0.717, 1.165) is 6.42 Å². The molecule has 0 heterocycles. The first kappa shape index (κ1) is 28.1. The summed E-state index contributed by atoms with van der Waals surface area (Å²) >= 11 is 0. The Hall–Kier alpha value is -0.900. The van der Waals surface area contributed by atoms with Crippen LogP contribution in [0.3, 0.4) is 0 Å². The quantitative estimate of drug-likeness (QED) is 0.148. The summed E-state index contributed by atoms with van der Waals surface area (Å²) in [7, 11) is 0. The molecule has 1 N–H and O–H groups in total. The average Bonchev–Trinajstić information content (AvgIpc) is 2.80. The summed E-state index contributed by atoms with van der Waals surface area (Å²) in [6.45, 7) is 5.29. The van der Waals surface area contributed by atoms with Crippen molar-refractivity contribution in [1.82, 2.24) is 0 Å². The van der Waals surface area contributed by atoms with Gasteiger partial charge in [-0.15, -0.1) is 0 Å². The number of hydrogen-bond acceptors (Lipinski definition) is 3. The second-order valence-electron chi connectivity index (χ2n) is 9.00. The lowest BCUT2D eigenvalue weighted by molar-refractivity contribution is -0.135. The highest BCUT2D eigenvalue weighted by atomic mass is 16.6. The van der Waals surface area contributed by atoms with Gasteiger partial charge in [0.15, 0.2) is 6.29 Å². The lowest BCUT2D eigenvalue weighted by Crippen LogP contribution is -2.24. The van der Waals surface area contributed by atoms with Crippen molar-refractivity contribution in [2.45, 2.75) is 136 Å². The molecule has 0 aliphatic heterocycles. The van der Waals surface area contributed by atoms with Crippen LogP contribution >= 0.6 is 0 Å². The van der Waals surface area contributed by atoms with Crippen LogP contribution in [0.25, 0.3) is 0 Å². The fourth-order valence-electron chi connectivity index (χ4n) is 3.91. The molecule has 3 nitrogen and oxygen atoms in total. The van der Waals surface area contributed by atoms with Crippen molar-refractivity contribution < 1.29 is 14.6 Å². The van der Waals surface area contributed by atoms with Gasteiger partial charge in [-0.1, -0.05) is 134 Å². The van der Waals surface area contributed by atoms with Gasteiger partial charge in [-0.25, -0.2) is 0 Å². The molecule has 31 heavy (non-hydrogen) atoms. The van der Waals surface area contributed by atoms with E-state index >= 15 is 0 Å². The summed E-state index contributed by atoms with van der Waals surface area (Å²) < 4.78 is 11.6. The topological polar surface area (TPSA) is 38.7 Å². The first-order valence-electron chi connectivity index (χ1n) is 13.2. The Labute approximate surface area is 192 Å². The molecule has 0 bridgehead atoms. The standard InChI is InChI=1S/C28H50O3/c1-3-5-6-7-8-9-10-11-12-13-14-15-16-20-23-27(25-31-28(29)4-2)30-24-26-21-18-17-19-22-26/h17-19,21-22,27-29H,3-16,20,23-25H2,1-2H3. The molecule has 0 saturated heterocycles. The zero-order valence-electron chi connectivity index (χ0n) is 20.5. The minimum atomic E-state index is -0.681. The Bertz CT molecular complexity index is 476. The predicted octanol–water partition coefficient (Wildman–Crippen LogP) is 8.19. The van der Waals surface area contributed by atoms with Gasteiger partial charge in [0.2, 0.25) is 0 Å². The molecule has 1 aromatic rings. The van der Waals surface area contributed by atoms with Gasteiger partial charge < -0.3 is 14.6 Å². The molecule has 180 valence electrons. The van der Waals surface area contributed by atoms with Crippen LogP contribution in [-0.2, 0) is 16.1 Å². The molecule has 3 heteroatoms. The fourth-order valence-corrected chi connectivity index (χ4v) is 3.91. The summed E-state index contributed by atoms with van der Waals surface area (Å²) in [4.78, 5) is 0. The molecule has 1 aromatic carbocycles. The SMILES string of the molecule is CCCCCCCCCCCCCCCCC(COC(O)CC)OCc1ccccc1. The van der Waals surface area contributed by atoms with Crippen LogP contribution < -0.4 is 0 Å². The van der Waals surface area contributed by atoms with Gasteiger partial charge in [-0.2, -0.15) is 0 Å². The van der Waals surface area contributed by atoms with Gasteiger partial charge >= 0.3 is 0 Å². The van der Waals surface area contributed by atoms with Crippen LogP contribution in [0.1, 0.15) is 122 Å². The minimum Gasteiger partial charge on any atom is -0.371 e. The Balaban J connectivity index is 2.04. The second kappa shape index (κ2) is 21.0. The fraction of sp³-hybridized carbons (Fsp3) is 0.786. The third-order valence-corrected chi connectivity index (χ3v) is 6.03. The number of aliphatic hydroxyl groups excluding tert-OH is 1. The predicted molar refractivity (Wildman–Crippen MR) is 132 cm³/mol. The molecule has 0 aliphatic carbocycles. The van der Waals surface area contributed by atoms with E-state index in [1.54, 1.807) is 0 Å². The molecule has 0 spiro atoms. The van der Waals surface area contributed by atoms with Crippen molar-refractivity contribution in [1.29, 1.82) is 0 Å². The van der Waals surface area contributed by atoms with Crippen molar-refractivity contribution in [2.24, 2.45) is 0 Å². The minimum absolute atomic E-state index is 0.0544. The molecule has 2 unspecified atom stereocenters. The van der Waals surface area contributed by atoms with E-state index in [-0.39, 0.29) is 6.10 Å². The molecule has 0 fully saturated rings. The van der Waals surface area contributed by atoms with Crippen LogP contribution in [0.4, 0.5) is 0 Å². The third-order valence-electron chi connectivity index (χ3n) is 6.03. The first-order chi connectivity index (χ1) is 15.3. The number of benzene rings is 1. The molecule has 0 aromatic heterocycles. The van der Waals surface area contributed by atoms with Crippen molar-refractivity contribution >= 4 is 0 Å². The highest BCUT2D eigenvalue weighted by molar-refractivity contribution is 5.13. The average molecular weight is 435 g/mol. The van der Waals surface area contributed by atoms with Crippen LogP contribution in [0.5, 0.6) is 0 Å². The Morgan fingerprint density at radius 1 is 0.677 bits per heavy atom. The molecule has 2 atom stereocenters. The van der Waals surface area contributed by atoms with Crippen LogP contribution in [0, 0.1) is 0 Å². The van der Waals surface area contributed by atoms with E-state index < -0.39 is 6.29 Å². The zero-order valence-corrected chi connectivity index (χ0v) is 20.5. The molecule has 0 aliphatic rings. The molecular formula is C28H50O3. The maximum atomic E-state index is 9.71. The monoisotopic (exact) mass is 434 g/mol. The normalized spacial score (nSPS) is 13.4. The summed E-state index contributed by atoms with van der Waals surface area (Å²) in [5.41, 5.74) is 1.18. The number of ether oxygens (including phenoxy) is 2. The maximum Gasteiger partial charge on any atom is 0.154 e. The summed E-state index contributed by atoms with van der Waals surface area (Å²) in [5.74, 6) is 0. The summed E-state index contributed by atoms with van der Waals surface area (Å²) in [6, 6.07) is 10.3. The van der Waals surface area contributed by atoms with Crippen molar-refractivity contribution in [3.8, 4) is 0 Å². The maximum absolute atomic E-state index is 9.71. The number of unbranched alkanes of at least 4 members (excludes halogenated alkanes) is 13. The van der Waals surface area contributed by atoms with Crippen molar-refractivity contribution in [3.05, 3.63) is 35.9 Å². The molecule has 1 rings (SSSR count). The van der Waals surface area contributed by atoms with Gasteiger partial charge in [0.05, 0.1) is 19.3 Å². The second-order valence-corrected chi connectivity index (χ2v) is 9.00. The van der Waals surface area contributed by atoms with E-state index in [1.165, 1.54) is 95.5 Å². The highest BCUT2D eigenvalue weighted by Gasteiger charge is 2.12. The number of rotatable bonds is 22. The van der Waals surface area contributed by atoms with Gasteiger partial charge in [0.25, 0.3) is 0 Å². The van der Waals surface area contributed by atoms with Crippen LogP contribution in [-0.4, -0.2) is 24.1 Å². The van der Waals surface area contributed by atoms with E-state index in [4.69, 9.17) is 9.47 Å². The molecule has 0 amide bonds. The van der Waals surface area contributed by atoms with Crippen molar-refractivity contribution in [2.75, 3.05) is 6.61 Å². The van der Waals surface area contributed by atoms with Gasteiger partial charge in [0.1, 0.15) is 0 Å². The van der Waals surface area contributed by atoms with Gasteiger partial charge in [-0.3, -0.25) is 0 Å². The summed E-state index contributed by atoms with van der Waals surface area (Å²) in [5, 5.41) is 9.71. The first-order valence-corrected chi connectivity index (χ1v) is 13.2. The molecule has 0 radical (unpaired) electrons.